The smallest absolute Gasteiger partial charge is 0.316 e. The predicted molar refractivity (Wildman–Crippen MR) is 73.8 cm³/mol. The number of nitrogens with zero attached hydrogens (tertiary/aromatic N) is 4. The zero-order chi connectivity index (χ0) is 13.9. The quantitative estimate of drug-likeness (QED) is 0.689. The van der Waals surface area contributed by atoms with Gasteiger partial charge in [0.05, 0.1) is 4.88 Å². The molecule has 0 saturated heterocycles. The highest BCUT2D eigenvalue weighted by molar-refractivity contribution is 7.18. The van der Waals surface area contributed by atoms with Gasteiger partial charge in [0, 0.05) is 11.8 Å². The fourth-order valence-electron chi connectivity index (χ4n) is 1.72. The van der Waals surface area contributed by atoms with Crippen molar-refractivity contribution in [2.24, 2.45) is 0 Å². The van der Waals surface area contributed by atoms with Gasteiger partial charge in [-0.05, 0) is 33.0 Å². The Labute approximate surface area is 118 Å². The normalized spacial score (nSPS) is 10.4. The van der Waals surface area contributed by atoms with E-state index in [1.807, 2.05) is 42.5 Å². The van der Waals surface area contributed by atoms with E-state index in [4.69, 9.17) is 4.84 Å². The van der Waals surface area contributed by atoms with Gasteiger partial charge in [-0.15, -0.1) is 16.4 Å². The topological polar surface area (TPSA) is 69.9 Å². The van der Waals surface area contributed by atoms with Gasteiger partial charge in [-0.25, -0.2) is 4.79 Å². The molecular weight excluding hydrogens is 276 g/mol. The molecule has 0 spiro atoms. The summed E-state index contributed by atoms with van der Waals surface area (Å²) in [4.78, 5) is 18.8. The third-order valence-corrected chi connectivity index (χ3v) is 3.67. The molecule has 0 N–H and O–H groups in total. The van der Waals surface area contributed by atoms with E-state index in [1.165, 1.54) is 18.3 Å². The summed E-state index contributed by atoms with van der Waals surface area (Å²) in [5.41, 5.74) is 1.12. The zero-order valence-corrected chi connectivity index (χ0v) is 11.4. The third-order valence-electron chi connectivity index (χ3n) is 2.54. The fraction of sp³-hybridized carbons (Fsp3) is 0.0769. The van der Waals surface area contributed by atoms with Crippen molar-refractivity contribution >= 4 is 17.3 Å². The number of hydrogen-bond acceptors (Lipinski definition) is 6. The summed E-state index contributed by atoms with van der Waals surface area (Å²) in [6.45, 7) is 1.30. The van der Waals surface area contributed by atoms with Gasteiger partial charge < -0.3 is 4.84 Å². The highest BCUT2D eigenvalue weighted by atomic mass is 32.1. The molecular formula is C13H10N4O2S. The second-order valence-corrected chi connectivity index (χ2v) is 5.07. The van der Waals surface area contributed by atoms with E-state index in [9.17, 15) is 4.79 Å². The van der Waals surface area contributed by atoms with Crippen molar-refractivity contribution in [2.75, 3.05) is 0 Å². The number of carbonyl (C=O) groups is 1. The molecule has 0 bridgehead atoms. The van der Waals surface area contributed by atoms with Gasteiger partial charge in [0.2, 0.25) is 5.82 Å². The van der Waals surface area contributed by atoms with Crippen LogP contribution in [0.1, 0.15) is 6.92 Å². The molecule has 2 aromatic heterocycles. The van der Waals surface area contributed by atoms with Crippen molar-refractivity contribution in [3.8, 4) is 21.1 Å². The van der Waals surface area contributed by atoms with Crippen LogP contribution in [0.25, 0.3) is 21.1 Å². The van der Waals surface area contributed by atoms with Crippen molar-refractivity contribution in [2.45, 2.75) is 6.92 Å². The lowest BCUT2D eigenvalue weighted by molar-refractivity contribution is -0.143. The Balaban J connectivity index is 1.95. The van der Waals surface area contributed by atoms with Gasteiger partial charge in [-0.3, -0.25) is 0 Å². The summed E-state index contributed by atoms with van der Waals surface area (Å²) in [5, 5.41) is 11.0. The summed E-state index contributed by atoms with van der Waals surface area (Å²) in [6.07, 6.45) is 0. The Morgan fingerprint density at radius 3 is 2.65 bits per heavy atom. The van der Waals surface area contributed by atoms with E-state index in [0.29, 0.717) is 5.82 Å². The van der Waals surface area contributed by atoms with Crippen LogP contribution in [0.5, 0.6) is 0 Å². The van der Waals surface area contributed by atoms with Crippen LogP contribution in [0, 0.1) is 0 Å². The Bertz CT molecular complexity index is 736. The predicted octanol–water partition coefficient (Wildman–Crippen LogP) is 2.04. The van der Waals surface area contributed by atoms with Crippen LogP contribution in [-0.4, -0.2) is 26.3 Å². The van der Waals surface area contributed by atoms with E-state index < -0.39 is 5.97 Å². The van der Waals surface area contributed by atoms with E-state index in [2.05, 4.69) is 15.5 Å². The van der Waals surface area contributed by atoms with Crippen molar-refractivity contribution < 1.29 is 9.63 Å². The molecule has 3 aromatic rings. The summed E-state index contributed by atoms with van der Waals surface area (Å²) >= 11 is 1.53. The lowest BCUT2D eigenvalue weighted by Crippen LogP contribution is -2.18. The minimum Gasteiger partial charge on any atom is -0.316 e. The Hall–Kier alpha value is -2.54. The average Bonchev–Trinajstić information content (AvgIpc) is 3.07. The SMILES string of the molecule is CC(=O)On1nnnc1-c1ccc(-c2ccccc2)s1. The molecule has 0 radical (unpaired) electrons. The molecule has 0 aliphatic carbocycles. The van der Waals surface area contributed by atoms with Gasteiger partial charge in [-0.2, -0.15) is 0 Å². The highest BCUT2D eigenvalue weighted by Gasteiger charge is 2.14. The molecule has 1 aromatic carbocycles. The molecule has 0 aliphatic rings. The second kappa shape index (κ2) is 5.22. The summed E-state index contributed by atoms with van der Waals surface area (Å²) in [7, 11) is 0. The molecule has 2 heterocycles. The van der Waals surface area contributed by atoms with Gasteiger partial charge in [-0.1, -0.05) is 30.3 Å². The van der Waals surface area contributed by atoms with E-state index in [-0.39, 0.29) is 0 Å². The number of benzene rings is 1. The van der Waals surface area contributed by atoms with Gasteiger partial charge in [0.25, 0.3) is 0 Å². The van der Waals surface area contributed by atoms with Crippen LogP contribution < -0.4 is 4.84 Å². The first-order chi connectivity index (χ1) is 9.74. The maximum absolute atomic E-state index is 11.0. The lowest BCUT2D eigenvalue weighted by Gasteiger charge is -1.99. The number of hydrogen-bond donors (Lipinski definition) is 0. The molecule has 100 valence electrons. The van der Waals surface area contributed by atoms with Gasteiger partial charge in [0.15, 0.2) is 0 Å². The Morgan fingerprint density at radius 1 is 1.15 bits per heavy atom. The number of thiophene rings is 1. The van der Waals surface area contributed by atoms with Crippen LogP contribution in [0.15, 0.2) is 42.5 Å². The number of rotatable bonds is 3. The first-order valence-corrected chi connectivity index (χ1v) is 6.68. The molecule has 7 heteroatoms. The minimum absolute atomic E-state index is 0.410. The fourth-order valence-corrected chi connectivity index (χ4v) is 2.69. The molecule has 0 aliphatic heterocycles. The van der Waals surface area contributed by atoms with E-state index in [0.717, 1.165) is 20.2 Å². The summed E-state index contributed by atoms with van der Waals surface area (Å²) in [6, 6.07) is 13.9. The molecule has 0 unspecified atom stereocenters. The van der Waals surface area contributed by atoms with Crippen LogP contribution in [0.4, 0.5) is 0 Å². The maximum atomic E-state index is 11.0. The Kier molecular flexibility index (Phi) is 3.26. The van der Waals surface area contributed by atoms with Crippen LogP contribution in [-0.2, 0) is 4.79 Å². The van der Waals surface area contributed by atoms with Crippen LogP contribution in [0.2, 0.25) is 0 Å². The molecule has 0 fully saturated rings. The second-order valence-electron chi connectivity index (χ2n) is 3.99. The van der Waals surface area contributed by atoms with Crippen molar-refractivity contribution in [1.29, 1.82) is 0 Å². The molecule has 3 rings (SSSR count). The number of aromatic nitrogens is 4. The number of tetrazole rings is 1. The van der Waals surface area contributed by atoms with Crippen molar-refractivity contribution in [3.05, 3.63) is 42.5 Å². The standard InChI is InChI=1S/C13H10N4O2S/c1-9(18)19-17-13(14-15-16-17)12-8-7-11(20-12)10-5-3-2-4-6-10/h2-8H,1H3. The molecule has 20 heavy (non-hydrogen) atoms. The molecule has 0 saturated carbocycles. The largest absolute Gasteiger partial charge is 0.332 e. The van der Waals surface area contributed by atoms with E-state index in [1.54, 1.807) is 0 Å². The lowest BCUT2D eigenvalue weighted by atomic mass is 10.2. The minimum atomic E-state index is -0.474. The zero-order valence-electron chi connectivity index (χ0n) is 10.6. The molecule has 6 nitrogen and oxygen atoms in total. The van der Waals surface area contributed by atoms with Gasteiger partial charge >= 0.3 is 5.97 Å². The first kappa shape index (κ1) is 12.5. The maximum Gasteiger partial charge on any atom is 0.332 e. The van der Waals surface area contributed by atoms with E-state index >= 15 is 0 Å². The molecule has 0 amide bonds. The van der Waals surface area contributed by atoms with Crippen molar-refractivity contribution in [1.82, 2.24) is 20.4 Å². The average molecular weight is 286 g/mol. The monoisotopic (exact) mass is 286 g/mol. The van der Waals surface area contributed by atoms with Crippen LogP contribution >= 0.6 is 11.3 Å². The summed E-state index contributed by atoms with van der Waals surface area (Å²) in [5.74, 6) is -0.0641. The van der Waals surface area contributed by atoms with Crippen LogP contribution in [0.3, 0.4) is 0 Å². The number of carbonyl (C=O) groups excluding carboxylic acids is 1. The summed E-state index contributed by atoms with van der Waals surface area (Å²) < 4.78 is 0. The third kappa shape index (κ3) is 2.43. The first-order valence-electron chi connectivity index (χ1n) is 5.87. The van der Waals surface area contributed by atoms with Gasteiger partial charge in [0.1, 0.15) is 0 Å². The molecule has 0 atom stereocenters. The Morgan fingerprint density at radius 2 is 1.90 bits per heavy atom. The van der Waals surface area contributed by atoms with Crippen molar-refractivity contribution in [3.63, 3.8) is 0 Å². The highest BCUT2D eigenvalue weighted by Crippen LogP contribution is 2.32.